The normalized spacial score (nSPS) is 14.6. The van der Waals surface area contributed by atoms with Gasteiger partial charge in [-0.2, -0.15) is 0 Å². The smallest absolute Gasteiger partial charge is 0.323 e. The first-order valence-electron chi connectivity index (χ1n) is 5.58. The first-order chi connectivity index (χ1) is 8.76. The lowest BCUT2D eigenvalue weighted by molar-refractivity contribution is -0.136. The number of nitrogens with zero attached hydrogens (tertiary/aromatic N) is 1. The van der Waals surface area contributed by atoms with E-state index in [9.17, 15) is 18.0 Å². The van der Waals surface area contributed by atoms with Gasteiger partial charge in [0.05, 0.1) is 12.2 Å². The van der Waals surface area contributed by atoms with Crippen LogP contribution in [0.5, 0.6) is 0 Å². The molecule has 1 aromatic carbocycles. The second-order valence-electron chi connectivity index (χ2n) is 4.58. The van der Waals surface area contributed by atoms with E-state index in [-0.39, 0.29) is 24.6 Å². The Morgan fingerprint density at radius 3 is 2.68 bits per heavy atom. The fraction of sp³-hybridized carbons (Fsp3) is 0.333. The molecule has 102 valence electrons. The molecule has 7 heteroatoms. The van der Waals surface area contributed by atoms with Crippen molar-refractivity contribution in [1.29, 1.82) is 0 Å². The number of fused-ring (bicyclic) bond motifs is 1. The molecule has 0 aromatic heterocycles. The van der Waals surface area contributed by atoms with Crippen molar-refractivity contribution in [3.05, 3.63) is 29.3 Å². The number of carboxylic acid groups (broad SMARTS) is 1. The predicted molar refractivity (Wildman–Crippen MR) is 68.7 cm³/mol. The topological polar surface area (TPSA) is 91.8 Å². The van der Waals surface area contributed by atoms with Crippen molar-refractivity contribution < 1.29 is 23.1 Å². The quantitative estimate of drug-likeness (QED) is 0.852. The molecule has 0 saturated heterocycles. The third-order valence-corrected chi connectivity index (χ3v) is 3.66. The highest BCUT2D eigenvalue weighted by atomic mass is 32.2. The average molecular weight is 283 g/mol. The van der Waals surface area contributed by atoms with Crippen LogP contribution in [0.3, 0.4) is 0 Å². The number of sulfone groups is 1. The summed E-state index contributed by atoms with van der Waals surface area (Å²) in [6, 6.07) is 4.85. The highest BCUT2D eigenvalue weighted by Gasteiger charge is 2.28. The molecule has 1 aliphatic heterocycles. The third-order valence-electron chi connectivity index (χ3n) is 2.80. The maximum atomic E-state index is 11.7. The lowest BCUT2D eigenvalue weighted by atomic mass is 10.1. The number of anilines is 1. The van der Waals surface area contributed by atoms with Gasteiger partial charge in [0.1, 0.15) is 6.54 Å². The van der Waals surface area contributed by atoms with E-state index in [1.165, 1.54) is 4.90 Å². The largest absolute Gasteiger partial charge is 0.480 e. The number of carbonyl (C=O) groups excluding carboxylic acids is 1. The van der Waals surface area contributed by atoms with Crippen LogP contribution in [0.1, 0.15) is 11.1 Å². The minimum Gasteiger partial charge on any atom is -0.480 e. The number of rotatable bonds is 4. The SMILES string of the molecule is CS(=O)(=O)Cc1ccc2c(c1)CC(=O)N2CC(=O)O. The summed E-state index contributed by atoms with van der Waals surface area (Å²) in [5.74, 6) is -1.46. The molecule has 0 aliphatic carbocycles. The summed E-state index contributed by atoms with van der Waals surface area (Å²) in [6.07, 6.45) is 1.25. The molecule has 1 heterocycles. The molecule has 19 heavy (non-hydrogen) atoms. The zero-order valence-corrected chi connectivity index (χ0v) is 11.1. The van der Waals surface area contributed by atoms with Crippen molar-refractivity contribution in [2.24, 2.45) is 0 Å². The van der Waals surface area contributed by atoms with Crippen LogP contribution >= 0.6 is 0 Å². The number of hydrogen-bond acceptors (Lipinski definition) is 4. The Balaban J connectivity index is 2.31. The molecule has 0 atom stereocenters. The minimum absolute atomic E-state index is 0.0899. The summed E-state index contributed by atoms with van der Waals surface area (Å²) >= 11 is 0. The van der Waals surface area contributed by atoms with Crippen LogP contribution in [0.2, 0.25) is 0 Å². The Bertz CT molecular complexity index is 650. The zero-order chi connectivity index (χ0) is 14.2. The summed E-state index contributed by atoms with van der Waals surface area (Å²) in [5.41, 5.74) is 1.82. The van der Waals surface area contributed by atoms with E-state index < -0.39 is 15.8 Å². The first kappa shape index (κ1) is 13.5. The molecule has 0 radical (unpaired) electrons. The molecule has 1 amide bonds. The van der Waals surface area contributed by atoms with Gasteiger partial charge in [-0.15, -0.1) is 0 Å². The standard InChI is InChI=1S/C12H13NO5S/c1-19(17,18)7-8-2-3-10-9(4-8)5-11(14)13(10)6-12(15)16/h2-4H,5-7H2,1H3,(H,15,16). The minimum atomic E-state index is -3.13. The highest BCUT2D eigenvalue weighted by molar-refractivity contribution is 7.89. The predicted octanol–water partition coefficient (Wildman–Crippen LogP) is 0.205. The monoisotopic (exact) mass is 283 g/mol. The lowest BCUT2D eigenvalue weighted by Gasteiger charge is -2.14. The molecular formula is C12H13NO5S. The highest BCUT2D eigenvalue weighted by Crippen LogP contribution is 2.29. The fourth-order valence-electron chi connectivity index (χ4n) is 2.14. The van der Waals surface area contributed by atoms with Crippen LogP contribution in [-0.2, 0) is 31.6 Å². The van der Waals surface area contributed by atoms with E-state index in [4.69, 9.17) is 5.11 Å². The van der Waals surface area contributed by atoms with Crippen molar-refractivity contribution in [1.82, 2.24) is 0 Å². The van der Waals surface area contributed by atoms with Crippen LogP contribution in [0.25, 0.3) is 0 Å². The van der Waals surface area contributed by atoms with E-state index >= 15 is 0 Å². The van der Waals surface area contributed by atoms with Crippen molar-refractivity contribution >= 4 is 27.4 Å². The average Bonchev–Trinajstić information content (AvgIpc) is 2.51. The lowest BCUT2D eigenvalue weighted by Crippen LogP contribution is -2.32. The van der Waals surface area contributed by atoms with Crippen molar-refractivity contribution in [2.75, 3.05) is 17.7 Å². The van der Waals surface area contributed by atoms with E-state index in [0.717, 1.165) is 6.26 Å². The molecule has 0 fully saturated rings. The molecule has 1 aromatic rings. The number of carboxylic acids is 1. The number of aliphatic carboxylic acids is 1. The second-order valence-corrected chi connectivity index (χ2v) is 6.72. The van der Waals surface area contributed by atoms with Gasteiger partial charge in [-0.3, -0.25) is 9.59 Å². The van der Waals surface area contributed by atoms with Gasteiger partial charge in [0, 0.05) is 11.9 Å². The van der Waals surface area contributed by atoms with Crippen LogP contribution in [0.4, 0.5) is 5.69 Å². The van der Waals surface area contributed by atoms with Crippen molar-refractivity contribution in [2.45, 2.75) is 12.2 Å². The first-order valence-corrected chi connectivity index (χ1v) is 7.64. The Morgan fingerprint density at radius 2 is 2.11 bits per heavy atom. The van der Waals surface area contributed by atoms with E-state index in [1.807, 2.05) is 0 Å². The Morgan fingerprint density at radius 1 is 1.42 bits per heavy atom. The van der Waals surface area contributed by atoms with Gasteiger partial charge >= 0.3 is 5.97 Å². The van der Waals surface area contributed by atoms with Crippen LogP contribution in [0, 0.1) is 0 Å². The number of amides is 1. The van der Waals surface area contributed by atoms with Gasteiger partial charge in [0.25, 0.3) is 0 Å². The van der Waals surface area contributed by atoms with E-state index in [1.54, 1.807) is 18.2 Å². The van der Waals surface area contributed by atoms with Gasteiger partial charge in [-0.1, -0.05) is 12.1 Å². The van der Waals surface area contributed by atoms with Gasteiger partial charge in [-0.05, 0) is 17.2 Å². The molecule has 0 spiro atoms. The van der Waals surface area contributed by atoms with Crippen LogP contribution in [-0.4, -0.2) is 38.2 Å². The van der Waals surface area contributed by atoms with Gasteiger partial charge in [0.15, 0.2) is 9.84 Å². The summed E-state index contributed by atoms with van der Waals surface area (Å²) in [7, 11) is -3.13. The van der Waals surface area contributed by atoms with Crippen LogP contribution < -0.4 is 4.90 Å². The van der Waals surface area contributed by atoms with Gasteiger partial charge < -0.3 is 10.0 Å². The molecular weight excluding hydrogens is 270 g/mol. The number of hydrogen-bond donors (Lipinski definition) is 1. The summed E-state index contributed by atoms with van der Waals surface area (Å²) in [5, 5.41) is 8.75. The molecule has 0 saturated carbocycles. The second kappa shape index (κ2) is 4.65. The molecule has 2 rings (SSSR count). The van der Waals surface area contributed by atoms with Crippen molar-refractivity contribution in [3.63, 3.8) is 0 Å². The zero-order valence-electron chi connectivity index (χ0n) is 10.3. The summed E-state index contributed by atoms with van der Waals surface area (Å²) in [4.78, 5) is 23.6. The van der Waals surface area contributed by atoms with E-state index in [0.29, 0.717) is 16.8 Å². The maximum absolute atomic E-state index is 11.7. The summed E-state index contributed by atoms with van der Waals surface area (Å²) in [6.45, 7) is -0.378. The van der Waals surface area contributed by atoms with Crippen molar-refractivity contribution in [3.8, 4) is 0 Å². The summed E-state index contributed by atoms with van der Waals surface area (Å²) < 4.78 is 22.4. The molecule has 0 unspecified atom stereocenters. The number of carbonyl (C=O) groups is 2. The molecule has 6 nitrogen and oxygen atoms in total. The maximum Gasteiger partial charge on any atom is 0.323 e. The van der Waals surface area contributed by atoms with Gasteiger partial charge in [0.2, 0.25) is 5.91 Å². The van der Waals surface area contributed by atoms with Gasteiger partial charge in [-0.25, -0.2) is 8.42 Å². The Kier molecular flexibility index (Phi) is 3.32. The molecule has 0 bridgehead atoms. The Hall–Kier alpha value is -1.89. The number of benzene rings is 1. The molecule has 1 N–H and O–H groups in total. The fourth-order valence-corrected chi connectivity index (χ4v) is 2.92. The molecule has 1 aliphatic rings. The van der Waals surface area contributed by atoms with Crippen LogP contribution in [0.15, 0.2) is 18.2 Å². The Labute approximate surface area is 110 Å². The third kappa shape index (κ3) is 3.11. The van der Waals surface area contributed by atoms with E-state index in [2.05, 4.69) is 0 Å².